The van der Waals surface area contributed by atoms with Crippen molar-refractivity contribution in [2.24, 2.45) is 23.7 Å². The van der Waals surface area contributed by atoms with Crippen molar-refractivity contribution < 1.29 is 37.3 Å². The fraction of sp³-hybridized carbons (Fsp3) is 0.519. The molecule has 7 nitrogen and oxygen atoms in total. The fourth-order valence-corrected chi connectivity index (χ4v) is 8.51. The van der Waals surface area contributed by atoms with E-state index in [9.17, 15) is 37.3 Å². The summed E-state index contributed by atoms with van der Waals surface area (Å²) in [4.78, 5) is 12.5. The Balaban J connectivity index is 1.60. The Bertz CT molecular complexity index is 1340. The third-order valence-corrected chi connectivity index (χ3v) is 10.9. The average molecular weight is 572 g/mol. The highest BCUT2D eigenvalue weighted by molar-refractivity contribution is 7.92. The predicted octanol–water partition coefficient (Wildman–Crippen LogP) is 4.19. The highest BCUT2D eigenvalue weighted by Gasteiger charge is 2.62. The fourth-order valence-electron chi connectivity index (χ4n) is 6.13. The van der Waals surface area contributed by atoms with Crippen LogP contribution < -0.4 is 5.32 Å². The summed E-state index contributed by atoms with van der Waals surface area (Å²) in [6, 6.07) is 6.61. The molecule has 0 aliphatic heterocycles. The number of benzene rings is 2. The second kappa shape index (κ2) is 10.5. The van der Waals surface area contributed by atoms with Gasteiger partial charge in [-0.3, -0.25) is 4.79 Å². The minimum absolute atomic E-state index is 0.00692. The molecule has 38 heavy (non-hydrogen) atoms. The normalized spacial score (nSPS) is 28.8. The summed E-state index contributed by atoms with van der Waals surface area (Å²) in [5, 5.41) is 34.4. The molecule has 0 spiro atoms. The first-order valence-electron chi connectivity index (χ1n) is 12.6. The number of fused-ring (bicyclic) bond motifs is 2. The van der Waals surface area contributed by atoms with Crippen LogP contribution in [0.1, 0.15) is 50.4 Å². The molecule has 4 rings (SSSR count). The van der Waals surface area contributed by atoms with Gasteiger partial charge in [-0.05, 0) is 73.3 Å². The molecule has 0 heterocycles. The number of hydrogen-bond donors (Lipinski definition) is 4. The number of anilines is 1. The number of amides is 1. The van der Waals surface area contributed by atoms with Gasteiger partial charge in [-0.15, -0.1) is 0 Å². The molecular weight excluding hydrogens is 540 g/mol. The van der Waals surface area contributed by atoms with E-state index in [1.165, 1.54) is 18.2 Å². The van der Waals surface area contributed by atoms with Crippen molar-refractivity contribution in [1.82, 2.24) is 0 Å². The summed E-state index contributed by atoms with van der Waals surface area (Å²) < 4.78 is 54.3. The topological polar surface area (TPSA) is 124 Å². The number of carbonyl (C=O) groups excluding carboxylic acids is 1. The van der Waals surface area contributed by atoms with Crippen LogP contribution in [0.25, 0.3) is 0 Å². The van der Waals surface area contributed by atoms with E-state index >= 15 is 0 Å². The SMILES string of the molecule is CC(C)[C@H](O)[C@@H](O)[C@@]1(O)C2C[C@@H](S(=O)(=O)c3cc(C(=O)Nc4ccc(F)c(F)c4)ccc3Cl)CC1[C@@H](C)C2. The first kappa shape index (κ1) is 28.9. The van der Waals surface area contributed by atoms with Gasteiger partial charge in [0, 0.05) is 17.3 Å². The largest absolute Gasteiger partial charge is 0.390 e. The molecule has 2 bridgehead atoms. The van der Waals surface area contributed by atoms with Crippen molar-refractivity contribution in [1.29, 1.82) is 0 Å². The van der Waals surface area contributed by atoms with Gasteiger partial charge in [0.15, 0.2) is 21.5 Å². The van der Waals surface area contributed by atoms with Crippen LogP contribution in [-0.4, -0.2) is 52.7 Å². The second-order valence-corrected chi connectivity index (χ2v) is 13.6. The summed E-state index contributed by atoms with van der Waals surface area (Å²) >= 11 is 6.28. The van der Waals surface area contributed by atoms with Gasteiger partial charge in [-0.1, -0.05) is 32.4 Å². The molecule has 2 aliphatic rings. The van der Waals surface area contributed by atoms with E-state index in [0.717, 1.165) is 18.2 Å². The van der Waals surface area contributed by atoms with E-state index in [2.05, 4.69) is 5.32 Å². The monoisotopic (exact) mass is 571 g/mol. The van der Waals surface area contributed by atoms with Crippen molar-refractivity contribution in [3.05, 3.63) is 58.6 Å². The van der Waals surface area contributed by atoms with Crippen LogP contribution in [0.2, 0.25) is 5.02 Å². The van der Waals surface area contributed by atoms with E-state index in [-0.39, 0.29) is 45.8 Å². The van der Waals surface area contributed by atoms with Gasteiger partial charge in [0.1, 0.15) is 6.10 Å². The van der Waals surface area contributed by atoms with Crippen molar-refractivity contribution in [2.75, 3.05) is 5.32 Å². The van der Waals surface area contributed by atoms with E-state index in [1.54, 1.807) is 13.8 Å². The lowest BCUT2D eigenvalue weighted by atomic mass is 9.68. The smallest absolute Gasteiger partial charge is 0.255 e. The maximum Gasteiger partial charge on any atom is 0.255 e. The van der Waals surface area contributed by atoms with Crippen molar-refractivity contribution in [3.63, 3.8) is 0 Å². The van der Waals surface area contributed by atoms with E-state index in [4.69, 9.17) is 11.6 Å². The van der Waals surface area contributed by atoms with Crippen LogP contribution in [0, 0.1) is 35.3 Å². The summed E-state index contributed by atoms with van der Waals surface area (Å²) in [7, 11) is -4.07. The highest BCUT2D eigenvalue weighted by atomic mass is 35.5. The van der Waals surface area contributed by atoms with Crippen molar-refractivity contribution >= 4 is 33.0 Å². The van der Waals surface area contributed by atoms with Gasteiger partial charge in [0.25, 0.3) is 5.91 Å². The molecule has 1 amide bonds. The molecule has 208 valence electrons. The van der Waals surface area contributed by atoms with Crippen LogP contribution in [0.4, 0.5) is 14.5 Å². The number of aliphatic hydroxyl groups is 3. The van der Waals surface area contributed by atoms with Crippen LogP contribution in [0.5, 0.6) is 0 Å². The van der Waals surface area contributed by atoms with Crippen LogP contribution in [0.3, 0.4) is 0 Å². The molecule has 2 unspecified atom stereocenters. The quantitative estimate of drug-likeness (QED) is 0.395. The Hall–Kier alpha value is -2.11. The summed E-state index contributed by atoms with van der Waals surface area (Å²) in [5.41, 5.74) is -1.67. The Morgan fingerprint density at radius 3 is 2.37 bits per heavy atom. The van der Waals surface area contributed by atoms with Gasteiger partial charge in [0.2, 0.25) is 0 Å². The number of halogens is 3. The second-order valence-electron chi connectivity index (χ2n) is 10.9. The third-order valence-electron chi connectivity index (χ3n) is 8.25. The van der Waals surface area contributed by atoms with Crippen LogP contribution in [-0.2, 0) is 9.84 Å². The predicted molar refractivity (Wildman–Crippen MR) is 139 cm³/mol. The first-order valence-corrected chi connectivity index (χ1v) is 14.5. The Morgan fingerprint density at radius 1 is 1.08 bits per heavy atom. The molecule has 7 atom stereocenters. The number of hydrogen-bond acceptors (Lipinski definition) is 6. The maximum absolute atomic E-state index is 13.8. The molecule has 2 fully saturated rings. The summed E-state index contributed by atoms with van der Waals surface area (Å²) in [5.74, 6) is -4.46. The molecule has 4 N–H and O–H groups in total. The summed E-state index contributed by atoms with van der Waals surface area (Å²) in [6.07, 6.45) is -1.97. The average Bonchev–Trinajstić information content (AvgIpc) is 2.98. The van der Waals surface area contributed by atoms with Gasteiger partial charge in [-0.2, -0.15) is 0 Å². The van der Waals surface area contributed by atoms with Gasteiger partial charge >= 0.3 is 0 Å². The zero-order valence-corrected chi connectivity index (χ0v) is 22.8. The molecule has 0 aromatic heterocycles. The minimum Gasteiger partial charge on any atom is -0.390 e. The standard InChI is InChI=1S/C27H32ClF2NO6S/c1-13(2)24(32)25(33)27(35)16-8-14(3)19(27)12-18(10-16)38(36,37)23-9-15(4-6-20(23)28)26(34)31-17-5-7-21(29)22(30)11-17/h4-7,9,11,13-14,16,18-19,24-25,32-33,35H,8,10,12H2,1-3H3,(H,31,34)/t14-,16?,18+,19?,24-,25+,27+/m0/s1. The Morgan fingerprint density at radius 2 is 1.76 bits per heavy atom. The van der Waals surface area contributed by atoms with Crippen molar-refractivity contribution in [3.8, 4) is 0 Å². The summed E-state index contributed by atoms with van der Waals surface area (Å²) in [6.45, 7) is 5.36. The molecule has 2 aliphatic carbocycles. The molecule has 0 radical (unpaired) electrons. The lowest BCUT2D eigenvalue weighted by Crippen LogP contribution is -2.60. The van der Waals surface area contributed by atoms with E-state index in [0.29, 0.717) is 6.42 Å². The lowest BCUT2D eigenvalue weighted by Gasteiger charge is -2.47. The molecule has 2 saturated carbocycles. The molecular formula is C27H32ClF2NO6S. The van der Waals surface area contributed by atoms with Gasteiger partial charge in [-0.25, -0.2) is 17.2 Å². The Labute approximate surface area is 225 Å². The number of carbonyl (C=O) groups is 1. The Kier molecular flexibility index (Phi) is 7.95. The number of sulfone groups is 1. The first-order chi connectivity index (χ1) is 17.7. The van der Waals surface area contributed by atoms with E-state index in [1.807, 2.05) is 6.92 Å². The van der Waals surface area contributed by atoms with Gasteiger partial charge < -0.3 is 20.6 Å². The number of rotatable bonds is 7. The highest BCUT2D eigenvalue weighted by Crippen LogP contribution is 2.56. The zero-order chi connectivity index (χ0) is 28.2. The number of nitrogens with one attached hydrogen (secondary N) is 1. The van der Waals surface area contributed by atoms with Crippen LogP contribution in [0.15, 0.2) is 41.3 Å². The third kappa shape index (κ3) is 4.97. The number of aliphatic hydroxyl groups excluding tert-OH is 2. The van der Waals surface area contributed by atoms with E-state index < -0.39 is 62.3 Å². The maximum atomic E-state index is 13.8. The van der Waals surface area contributed by atoms with Gasteiger partial charge in [0.05, 0.1) is 26.9 Å². The molecule has 2 aromatic carbocycles. The van der Waals surface area contributed by atoms with Crippen LogP contribution >= 0.6 is 11.6 Å². The molecule has 2 aromatic rings. The lowest BCUT2D eigenvalue weighted by molar-refractivity contribution is -0.185. The molecule has 11 heteroatoms. The van der Waals surface area contributed by atoms with Crippen molar-refractivity contribution in [2.45, 2.75) is 68.0 Å². The molecule has 0 saturated heterocycles. The minimum atomic E-state index is -4.07. The zero-order valence-electron chi connectivity index (χ0n) is 21.2.